The van der Waals surface area contributed by atoms with Crippen molar-refractivity contribution in [1.29, 1.82) is 0 Å². The van der Waals surface area contributed by atoms with E-state index in [0.29, 0.717) is 12.0 Å². The van der Waals surface area contributed by atoms with Crippen LogP contribution in [0.4, 0.5) is 5.69 Å². The third-order valence-electron chi connectivity index (χ3n) is 2.08. The molecule has 0 saturated carbocycles. The summed E-state index contributed by atoms with van der Waals surface area (Å²) in [5.41, 5.74) is 2.93. The minimum absolute atomic E-state index is 0.00698. The van der Waals surface area contributed by atoms with Crippen LogP contribution in [0.15, 0.2) is 29.4 Å². The van der Waals surface area contributed by atoms with Gasteiger partial charge in [-0.25, -0.2) is 5.43 Å². The molecule has 0 aliphatic carbocycles. The Kier molecular flexibility index (Phi) is 4.98. The largest absolute Gasteiger partial charge is 0.273 e. The summed E-state index contributed by atoms with van der Waals surface area (Å²) >= 11 is 0. The minimum atomic E-state index is -0.477. The highest BCUT2D eigenvalue weighted by molar-refractivity contribution is 5.83. The number of nitro benzene ring substituents is 1. The predicted molar refractivity (Wildman–Crippen MR) is 68.3 cm³/mol. The second-order valence-corrected chi connectivity index (χ2v) is 4.24. The second kappa shape index (κ2) is 6.48. The van der Waals surface area contributed by atoms with Gasteiger partial charge < -0.3 is 0 Å². The van der Waals surface area contributed by atoms with Gasteiger partial charge in [-0.1, -0.05) is 26.0 Å². The molecule has 1 aromatic rings. The van der Waals surface area contributed by atoms with Gasteiger partial charge in [0.15, 0.2) is 0 Å². The molecule has 0 atom stereocenters. The Morgan fingerprint density at radius 2 is 2.28 bits per heavy atom. The van der Waals surface area contributed by atoms with Gasteiger partial charge in [0, 0.05) is 24.1 Å². The average Bonchev–Trinajstić information content (AvgIpc) is 2.28. The summed E-state index contributed by atoms with van der Waals surface area (Å²) in [6, 6.07) is 6.02. The summed E-state index contributed by atoms with van der Waals surface area (Å²) in [6.07, 6.45) is 1.78. The van der Waals surface area contributed by atoms with Crippen molar-refractivity contribution in [2.24, 2.45) is 11.0 Å². The van der Waals surface area contributed by atoms with Gasteiger partial charge in [-0.2, -0.15) is 5.10 Å². The number of hydrogen-bond acceptors (Lipinski definition) is 4. The Labute approximate surface area is 105 Å². The van der Waals surface area contributed by atoms with Crippen LogP contribution in [0.2, 0.25) is 0 Å². The molecule has 1 N–H and O–H groups in total. The number of benzene rings is 1. The number of carbonyl (C=O) groups is 1. The third-order valence-corrected chi connectivity index (χ3v) is 2.08. The predicted octanol–water partition coefficient (Wildman–Crippen LogP) is 2.09. The minimum Gasteiger partial charge on any atom is -0.273 e. The molecule has 18 heavy (non-hydrogen) atoms. The Morgan fingerprint density at radius 1 is 1.56 bits per heavy atom. The van der Waals surface area contributed by atoms with Crippen molar-refractivity contribution < 1.29 is 9.72 Å². The van der Waals surface area contributed by atoms with E-state index in [4.69, 9.17) is 0 Å². The molecule has 0 bridgehead atoms. The molecule has 0 fully saturated rings. The van der Waals surface area contributed by atoms with E-state index in [2.05, 4.69) is 10.5 Å². The first-order chi connectivity index (χ1) is 8.49. The molecule has 6 nitrogen and oxygen atoms in total. The zero-order valence-electron chi connectivity index (χ0n) is 10.3. The Bertz CT molecular complexity index is 469. The van der Waals surface area contributed by atoms with E-state index in [0.717, 1.165) is 0 Å². The molecule has 0 radical (unpaired) electrons. The number of nitrogens with zero attached hydrogens (tertiary/aromatic N) is 2. The van der Waals surface area contributed by atoms with Crippen molar-refractivity contribution in [3.05, 3.63) is 39.9 Å². The summed E-state index contributed by atoms with van der Waals surface area (Å²) < 4.78 is 0. The number of non-ortho nitro benzene ring substituents is 1. The molecule has 0 aromatic heterocycles. The van der Waals surface area contributed by atoms with Crippen LogP contribution in [-0.4, -0.2) is 17.0 Å². The first kappa shape index (κ1) is 13.8. The van der Waals surface area contributed by atoms with Crippen LogP contribution in [0.3, 0.4) is 0 Å². The lowest BCUT2D eigenvalue weighted by molar-refractivity contribution is -0.384. The Hall–Kier alpha value is -2.24. The van der Waals surface area contributed by atoms with Crippen LogP contribution in [0.1, 0.15) is 25.8 Å². The second-order valence-electron chi connectivity index (χ2n) is 4.24. The van der Waals surface area contributed by atoms with E-state index in [1.54, 1.807) is 12.1 Å². The van der Waals surface area contributed by atoms with Crippen LogP contribution >= 0.6 is 0 Å². The fourth-order valence-electron chi connectivity index (χ4n) is 1.31. The number of hydrazone groups is 1. The van der Waals surface area contributed by atoms with Crippen molar-refractivity contribution in [2.75, 3.05) is 0 Å². The fraction of sp³-hybridized carbons (Fsp3) is 0.333. The zero-order chi connectivity index (χ0) is 13.5. The monoisotopic (exact) mass is 249 g/mol. The Balaban J connectivity index is 2.59. The molecule has 0 heterocycles. The smallest absolute Gasteiger partial charge is 0.270 e. The normalized spacial score (nSPS) is 10.8. The molecule has 0 aliphatic heterocycles. The molecule has 96 valence electrons. The molecule has 0 aliphatic rings. The molecule has 1 aromatic carbocycles. The van der Waals surface area contributed by atoms with Gasteiger partial charge >= 0.3 is 0 Å². The number of nitrogens with one attached hydrogen (secondary N) is 1. The molecule has 6 heteroatoms. The van der Waals surface area contributed by atoms with Crippen molar-refractivity contribution in [3.8, 4) is 0 Å². The summed E-state index contributed by atoms with van der Waals surface area (Å²) in [5, 5.41) is 14.3. The molecule has 0 spiro atoms. The number of amides is 1. The van der Waals surface area contributed by atoms with E-state index in [-0.39, 0.29) is 17.5 Å². The summed E-state index contributed by atoms with van der Waals surface area (Å²) in [5.74, 6) is 0.0877. The quantitative estimate of drug-likeness (QED) is 0.492. The summed E-state index contributed by atoms with van der Waals surface area (Å²) in [7, 11) is 0. The maximum atomic E-state index is 11.3. The van der Waals surface area contributed by atoms with Crippen molar-refractivity contribution in [3.63, 3.8) is 0 Å². The highest BCUT2D eigenvalue weighted by Gasteiger charge is 2.04. The third kappa shape index (κ3) is 4.73. The molecule has 0 saturated heterocycles. The first-order valence-electron chi connectivity index (χ1n) is 5.55. The maximum Gasteiger partial charge on any atom is 0.270 e. The van der Waals surface area contributed by atoms with Gasteiger partial charge in [0.1, 0.15) is 0 Å². The van der Waals surface area contributed by atoms with E-state index in [1.165, 1.54) is 18.3 Å². The van der Waals surface area contributed by atoms with Gasteiger partial charge in [0.2, 0.25) is 5.91 Å². The maximum absolute atomic E-state index is 11.3. The number of carbonyl (C=O) groups excluding carboxylic acids is 1. The van der Waals surface area contributed by atoms with E-state index >= 15 is 0 Å². The van der Waals surface area contributed by atoms with Crippen molar-refractivity contribution in [2.45, 2.75) is 20.3 Å². The van der Waals surface area contributed by atoms with Crippen LogP contribution in [-0.2, 0) is 4.79 Å². The van der Waals surface area contributed by atoms with Crippen LogP contribution < -0.4 is 5.43 Å². The molecule has 1 amide bonds. The summed E-state index contributed by atoms with van der Waals surface area (Å²) in [6.45, 7) is 3.87. The van der Waals surface area contributed by atoms with Gasteiger partial charge in [0.05, 0.1) is 11.1 Å². The first-order valence-corrected chi connectivity index (χ1v) is 5.55. The van der Waals surface area contributed by atoms with Crippen molar-refractivity contribution >= 4 is 17.8 Å². The number of nitro groups is 1. The highest BCUT2D eigenvalue weighted by atomic mass is 16.6. The van der Waals surface area contributed by atoms with Gasteiger partial charge in [-0.3, -0.25) is 14.9 Å². The van der Waals surface area contributed by atoms with Crippen LogP contribution in [0, 0.1) is 16.0 Å². The van der Waals surface area contributed by atoms with E-state index < -0.39 is 4.92 Å². The topological polar surface area (TPSA) is 84.6 Å². The zero-order valence-corrected chi connectivity index (χ0v) is 10.3. The standard InChI is InChI=1S/C12H15N3O3/c1-9(2)6-12(16)14-13-8-10-4-3-5-11(7-10)15(17)18/h3-5,7-9H,6H2,1-2H3,(H,14,16). The lowest BCUT2D eigenvalue weighted by atomic mass is 10.1. The van der Waals surface area contributed by atoms with Crippen molar-refractivity contribution in [1.82, 2.24) is 5.43 Å². The lowest BCUT2D eigenvalue weighted by Crippen LogP contribution is -2.19. The lowest BCUT2D eigenvalue weighted by Gasteiger charge is -2.01. The summed E-state index contributed by atoms with van der Waals surface area (Å²) in [4.78, 5) is 21.4. The number of hydrogen-bond donors (Lipinski definition) is 1. The van der Waals surface area contributed by atoms with Gasteiger partial charge in [-0.05, 0) is 5.92 Å². The van der Waals surface area contributed by atoms with Gasteiger partial charge in [-0.15, -0.1) is 0 Å². The fourth-order valence-corrected chi connectivity index (χ4v) is 1.31. The van der Waals surface area contributed by atoms with Gasteiger partial charge in [0.25, 0.3) is 5.69 Å². The molecular weight excluding hydrogens is 234 g/mol. The SMILES string of the molecule is CC(C)CC(=O)NN=Cc1cccc([N+](=O)[O-])c1. The Morgan fingerprint density at radius 3 is 2.89 bits per heavy atom. The number of rotatable bonds is 5. The van der Waals surface area contributed by atoms with E-state index in [9.17, 15) is 14.9 Å². The van der Waals surface area contributed by atoms with E-state index in [1.807, 2.05) is 13.8 Å². The highest BCUT2D eigenvalue weighted by Crippen LogP contribution is 2.11. The molecule has 0 unspecified atom stereocenters. The average molecular weight is 249 g/mol. The van der Waals surface area contributed by atoms with Crippen LogP contribution in [0.25, 0.3) is 0 Å². The molecule has 1 rings (SSSR count). The van der Waals surface area contributed by atoms with Crippen LogP contribution in [0.5, 0.6) is 0 Å². The molecular formula is C12H15N3O3.